The van der Waals surface area contributed by atoms with Crippen molar-refractivity contribution in [2.24, 2.45) is 7.05 Å². The third-order valence-electron chi connectivity index (χ3n) is 3.74. The summed E-state index contributed by atoms with van der Waals surface area (Å²) in [5, 5.41) is 0. The van der Waals surface area contributed by atoms with Crippen LogP contribution in [0.15, 0.2) is 29.1 Å². The number of nitrogens with one attached hydrogen (secondary N) is 1. The summed E-state index contributed by atoms with van der Waals surface area (Å²) in [6, 6.07) is 8.03. The molecular weight excluding hydrogens is 296 g/mol. The maximum Gasteiger partial charge on any atom is 0.257 e. The molecule has 0 aliphatic rings. The Balaban J connectivity index is 2.18. The van der Waals surface area contributed by atoms with Gasteiger partial charge in [0.1, 0.15) is 12.4 Å². The quantitative estimate of drug-likeness (QED) is 0.879. The van der Waals surface area contributed by atoms with Gasteiger partial charge in [0.15, 0.2) is 4.77 Å². The number of ether oxygens (including phenoxy) is 1. The summed E-state index contributed by atoms with van der Waals surface area (Å²) in [4.78, 5) is 15.0. The van der Waals surface area contributed by atoms with Crippen LogP contribution in [0.5, 0.6) is 5.75 Å². The highest BCUT2D eigenvalue weighted by molar-refractivity contribution is 7.71. The van der Waals surface area contributed by atoms with Gasteiger partial charge in [-0.3, -0.25) is 9.36 Å². The van der Waals surface area contributed by atoms with Crippen LogP contribution in [0.2, 0.25) is 0 Å². The Kier molecular flexibility index (Phi) is 4.56. The lowest BCUT2D eigenvalue weighted by Gasteiger charge is -2.19. The lowest BCUT2D eigenvalue weighted by molar-refractivity contribution is 0.299. The van der Waals surface area contributed by atoms with E-state index >= 15 is 0 Å². The van der Waals surface area contributed by atoms with E-state index in [1.807, 2.05) is 12.1 Å². The molecule has 5 heteroatoms. The first-order chi connectivity index (χ1) is 10.2. The molecule has 1 N–H and O–H groups in total. The number of rotatable bonds is 3. The number of benzene rings is 1. The van der Waals surface area contributed by atoms with E-state index in [9.17, 15) is 4.79 Å². The molecule has 22 heavy (non-hydrogen) atoms. The molecule has 1 aromatic carbocycles. The average Bonchev–Trinajstić information content (AvgIpc) is 2.47. The van der Waals surface area contributed by atoms with Crippen molar-refractivity contribution in [3.05, 3.63) is 56.2 Å². The van der Waals surface area contributed by atoms with Crippen LogP contribution in [0.25, 0.3) is 0 Å². The third-order valence-corrected chi connectivity index (χ3v) is 4.12. The molecule has 4 nitrogen and oxygen atoms in total. The van der Waals surface area contributed by atoms with Crippen molar-refractivity contribution < 1.29 is 4.74 Å². The van der Waals surface area contributed by atoms with Crippen LogP contribution in [0.3, 0.4) is 0 Å². The van der Waals surface area contributed by atoms with Crippen molar-refractivity contribution in [1.82, 2.24) is 9.55 Å². The van der Waals surface area contributed by atoms with Gasteiger partial charge in [0.25, 0.3) is 5.56 Å². The second kappa shape index (κ2) is 6.08. The van der Waals surface area contributed by atoms with Crippen LogP contribution >= 0.6 is 12.2 Å². The fraction of sp³-hybridized carbons (Fsp3) is 0.412. The number of aromatic nitrogens is 2. The van der Waals surface area contributed by atoms with E-state index in [4.69, 9.17) is 17.0 Å². The minimum Gasteiger partial charge on any atom is -0.487 e. The maximum absolute atomic E-state index is 12.0. The molecule has 0 spiro atoms. The first kappa shape index (κ1) is 16.5. The summed E-state index contributed by atoms with van der Waals surface area (Å²) in [6.07, 6.45) is 0. The van der Waals surface area contributed by atoms with E-state index in [1.54, 1.807) is 14.0 Å². The maximum atomic E-state index is 12.0. The predicted molar refractivity (Wildman–Crippen MR) is 91.1 cm³/mol. The Morgan fingerprint density at radius 3 is 2.36 bits per heavy atom. The van der Waals surface area contributed by atoms with Gasteiger partial charge in [0, 0.05) is 12.6 Å². The van der Waals surface area contributed by atoms with E-state index in [1.165, 1.54) is 10.1 Å². The fourth-order valence-electron chi connectivity index (χ4n) is 2.13. The number of nitrogens with zero attached hydrogens (tertiary/aromatic N) is 1. The SMILES string of the molecule is Cc1c(COc2ccc(C(C)(C)C)cc2)[nH]c(=S)n(C)c1=O. The van der Waals surface area contributed by atoms with Gasteiger partial charge in [0.05, 0.1) is 5.69 Å². The second-order valence-corrected chi connectivity index (χ2v) is 6.85. The van der Waals surface area contributed by atoms with Gasteiger partial charge in [-0.1, -0.05) is 32.9 Å². The molecule has 0 radical (unpaired) electrons. The number of H-pyrrole nitrogens is 1. The van der Waals surface area contributed by atoms with Gasteiger partial charge in [0.2, 0.25) is 0 Å². The highest BCUT2D eigenvalue weighted by Gasteiger charge is 2.13. The van der Waals surface area contributed by atoms with Crippen LogP contribution < -0.4 is 10.3 Å². The fourth-order valence-corrected chi connectivity index (χ4v) is 2.34. The summed E-state index contributed by atoms with van der Waals surface area (Å²) in [6.45, 7) is 8.58. The van der Waals surface area contributed by atoms with Gasteiger partial charge in [-0.25, -0.2) is 0 Å². The first-order valence-electron chi connectivity index (χ1n) is 7.22. The minimum absolute atomic E-state index is 0.0922. The highest BCUT2D eigenvalue weighted by Crippen LogP contribution is 2.24. The molecule has 2 rings (SSSR count). The van der Waals surface area contributed by atoms with Gasteiger partial charge >= 0.3 is 0 Å². The summed E-state index contributed by atoms with van der Waals surface area (Å²) in [5.41, 5.74) is 2.62. The van der Waals surface area contributed by atoms with Crippen molar-refractivity contribution in [1.29, 1.82) is 0 Å². The zero-order chi connectivity index (χ0) is 16.5. The number of aromatic amines is 1. The Morgan fingerprint density at radius 2 is 1.82 bits per heavy atom. The van der Waals surface area contributed by atoms with Crippen molar-refractivity contribution in [3.8, 4) is 5.75 Å². The summed E-state index contributed by atoms with van der Waals surface area (Å²) in [7, 11) is 1.66. The molecule has 1 heterocycles. The number of hydrogen-bond donors (Lipinski definition) is 1. The average molecular weight is 318 g/mol. The van der Waals surface area contributed by atoms with Gasteiger partial charge < -0.3 is 9.72 Å². The number of hydrogen-bond acceptors (Lipinski definition) is 3. The van der Waals surface area contributed by atoms with E-state index < -0.39 is 0 Å². The smallest absolute Gasteiger partial charge is 0.257 e. The zero-order valence-corrected chi connectivity index (χ0v) is 14.5. The van der Waals surface area contributed by atoms with Crippen LogP contribution in [0.1, 0.15) is 37.6 Å². The Labute approximate surface area is 135 Å². The first-order valence-corrected chi connectivity index (χ1v) is 7.63. The van der Waals surface area contributed by atoms with Crippen LogP contribution in [-0.2, 0) is 19.1 Å². The Morgan fingerprint density at radius 1 is 1.23 bits per heavy atom. The Bertz CT molecular complexity index is 780. The van der Waals surface area contributed by atoms with Gasteiger partial charge in [-0.05, 0) is 42.3 Å². The van der Waals surface area contributed by atoms with E-state index in [0.29, 0.717) is 22.6 Å². The van der Waals surface area contributed by atoms with Crippen molar-refractivity contribution in [2.45, 2.75) is 39.7 Å². The standard InChI is InChI=1S/C17H22N2O2S/c1-11-14(18-16(22)19(5)15(11)20)10-21-13-8-6-12(7-9-13)17(2,3)4/h6-9H,10H2,1-5H3,(H,18,22). The normalized spacial score (nSPS) is 11.5. The van der Waals surface area contributed by atoms with Crippen molar-refractivity contribution >= 4 is 12.2 Å². The molecule has 118 valence electrons. The van der Waals surface area contributed by atoms with Gasteiger partial charge in [-0.2, -0.15) is 0 Å². The summed E-state index contributed by atoms with van der Waals surface area (Å²) < 4.78 is 7.59. The van der Waals surface area contributed by atoms with Crippen LogP contribution in [-0.4, -0.2) is 9.55 Å². The predicted octanol–water partition coefficient (Wildman–Crippen LogP) is 3.63. The Hall–Kier alpha value is -1.88. The van der Waals surface area contributed by atoms with Crippen molar-refractivity contribution in [2.75, 3.05) is 0 Å². The zero-order valence-electron chi connectivity index (χ0n) is 13.7. The molecule has 0 aliphatic heterocycles. The molecule has 0 saturated heterocycles. The molecule has 0 amide bonds. The molecular formula is C17H22N2O2S. The largest absolute Gasteiger partial charge is 0.487 e. The molecule has 0 fully saturated rings. The topological polar surface area (TPSA) is 47.0 Å². The third kappa shape index (κ3) is 3.47. The summed E-state index contributed by atoms with van der Waals surface area (Å²) in [5.74, 6) is 0.771. The molecule has 0 atom stereocenters. The lowest BCUT2D eigenvalue weighted by atomic mass is 9.87. The highest BCUT2D eigenvalue weighted by atomic mass is 32.1. The molecule has 1 aromatic heterocycles. The van der Waals surface area contributed by atoms with Crippen LogP contribution in [0, 0.1) is 11.7 Å². The van der Waals surface area contributed by atoms with E-state index in [0.717, 1.165) is 5.75 Å². The van der Waals surface area contributed by atoms with Gasteiger partial charge in [-0.15, -0.1) is 0 Å². The second-order valence-electron chi connectivity index (χ2n) is 6.46. The van der Waals surface area contributed by atoms with Crippen molar-refractivity contribution in [3.63, 3.8) is 0 Å². The minimum atomic E-state index is -0.0922. The van der Waals surface area contributed by atoms with E-state index in [2.05, 4.69) is 37.9 Å². The molecule has 2 aromatic rings. The van der Waals surface area contributed by atoms with Crippen LogP contribution in [0.4, 0.5) is 0 Å². The monoisotopic (exact) mass is 318 g/mol. The van der Waals surface area contributed by atoms with E-state index in [-0.39, 0.29) is 11.0 Å². The molecule has 0 saturated carbocycles. The summed E-state index contributed by atoms with van der Waals surface area (Å²) >= 11 is 5.13. The molecule has 0 bridgehead atoms. The molecule has 0 unspecified atom stereocenters. The lowest BCUT2D eigenvalue weighted by Crippen LogP contribution is -2.24. The molecule has 0 aliphatic carbocycles.